The van der Waals surface area contributed by atoms with E-state index in [4.69, 9.17) is 16.0 Å². The Kier molecular flexibility index (Phi) is 5.40. The van der Waals surface area contributed by atoms with Crippen LogP contribution in [-0.2, 0) is 6.54 Å². The predicted molar refractivity (Wildman–Crippen MR) is 124 cm³/mol. The van der Waals surface area contributed by atoms with E-state index in [1.165, 1.54) is 5.56 Å². The van der Waals surface area contributed by atoms with Crippen molar-refractivity contribution in [2.75, 3.05) is 18.8 Å². The molecule has 160 valence electrons. The number of nitriles is 1. The van der Waals surface area contributed by atoms with Gasteiger partial charge in [0.05, 0.1) is 5.56 Å². The highest BCUT2D eigenvalue weighted by Gasteiger charge is 2.20. The van der Waals surface area contributed by atoms with Gasteiger partial charge < -0.3 is 11.1 Å². The molecule has 0 amide bonds. The molecule has 1 aromatic carbocycles. The SMILES string of the molecule is N#CNC1CCN(Cc2ccc(-n3c(-c4cccnc4N)nc4cccnc43)cc2)CC1. The monoisotopic (exact) mass is 424 g/mol. The van der Waals surface area contributed by atoms with Crippen LogP contribution in [0, 0.1) is 11.5 Å². The smallest absolute Gasteiger partial charge is 0.176 e. The third-order valence-electron chi connectivity index (χ3n) is 5.95. The Morgan fingerprint density at radius 1 is 1.03 bits per heavy atom. The highest BCUT2D eigenvalue weighted by atomic mass is 15.1. The first-order chi connectivity index (χ1) is 15.7. The number of likely N-dealkylation sites (tertiary alicyclic amines) is 1. The molecule has 0 spiro atoms. The summed E-state index contributed by atoms with van der Waals surface area (Å²) in [5.74, 6) is 1.17. The zero-order valence-corrected chi connectivity index (χ0v) is 17.6. The Morgan fingerprint density at radius 3 is 2.53 bits per heavy atom. The lowest BCUT2D eigenvalue weighted by molar-refractivity contribution is 0.197. The minimum atomic E-state index is 0.305. The lowest BCUT2D eigenvalue weighted by Crippen LogP contribution is -2.40. The van der Waals surface area contributed by atoms with E-state index in [0.29, 0.717) is 11.9 Å². The fourth-order valence-corrected chi connectivity index (χ4v) is 4.28. The summed E-state index contributed by atoms with van der Waals surface area (Å²) in [6.07, 6.45) is 7.50. The quantitative estimate of drug-likeness (QED) is 0.374. The minimum absolute atomic E-state index is 0.305. The average Bonchev–Trinajstić information content (AvgIpc) is 3.21. The van der Waals surface area contributed by atoms with Gasteiger partial charge in [-0.3, -0.25) is 9.47 Å². The first kappa shape index (κ1) is 20.0. The van der Waals surface area contributed by atoms with Crippen LogP contribution in [0.25, 0.3) is 28.2 Å². The van der Waals surface area contributed by atoms with E-state index in [9.17, 15) is 0 Å². The Bertz CT molecular complexity index is 1260. The number of nitrogen functional groups attached to an aromatic ring is 1. The fourth-order valence-electron chi connectivity index (χ4n) is 4.28. The summed E-state index contributed by atoms with van der Waals surface area (Å²) in [4.78, 5) is 16.0. The molecule has 5 rings (SSSR count). The molecular weight excluding hydrogens is 400 g/mol. The molecule has 0 unspecified atom stereocenters. The normalized spacial score (nSPS) is 15.0. The van der Waals surface area contributed by atoms with Crippen LogP contribution in [-0.4, -0.2) is 43.6 Å². The van der Waals surface area contributed by atoms with Gasteiger partial charge in [-0.2, -0.15) is 5.26 Å². The number of hydrogen-bond donors (Lipinski definition) is 2. The number of piperidine rings is 1. The maximum atomic E-state index is 8.80. The van der Waals surface area contributed by atoms with Gasteiger partial charge in [-0.05, 0) is 54.8 Å². The summed E-state index contributed by atoms with van der Waals surface area (Å²) in [7, 11) is 0. The molecule has 4 aromatic rings. The van der Waals surface area contributed by atoms with Crippen molar-refractivity contribution in [2.45, 2.75) is 25.4 Å². The Hall–Kier alpha value is -3.96. The maximum absolute atomic E-state index is 8.80. The lowest BCUT2D eigenvalue weighted by atomic mass is 10.0. The van der Waals surface area contributed by atoms with Gasteiger partial charge in [-0.15, -0.1) is 0 Å². The highest BCUT2D eigenvalue weighted by molar-refractivity contribution is 5.82. The number of benzene rings is 1. The summed E-state index contributed by atoms with van der Waals surface area (Å²) in [5, 5.41) is 11.7. The largest absolute Gasteiger partial charge is 0.383 e. The van der Waals surface area contributed by atoms with Crippen LogP contribution in [0.15, 0.2) is 60.9 Å². The van der Waals surface area contributed by atoms with Crippen LogP contribution in [0.1, 0.15) is 18.4 Å². The van der Waals surface area contributed by atoms with E-state index in [2.05, 4.69) is 50.6 Å². The molecule has 0 saturated carbocycles. The summed E-state index contributed by atoms with van der Waals surface area (Å²) in [6.45, 7) is 2.87. The van der Waals surface area contributed by atoms with Gasteiger partial charge in [0, 0.05) is 43.8 Å². The number of anilines is 1. The topological polar surface area (TPSA) is 109 Å². The Morgan fingerprint density at radius 2 is 1.78 bits per heavy atom. The number of nitrogens with zero attached hydrogens (tertiary/aromatic N) is 6. The van der Waals surface area contributed by atoms with Gasteiger partial charge in [-0.25, -0.2) is 15.0 Å². The van der Waals surface area contributed by atoms with Crippen LogP contribution in [0.3, 0.4) is 0 Å². The second kappa shape index (κ2) is 8.65. The molecule has 1 fully saturated rings. The standard InChI is InChI=1S/C24H24N8/c25-16-29-18-9-13-31(14-10-18)15-17-5-7-19(8-6-17)32-23(20-3-1-11-27-22(20)26)30-21-4-2-12-28-24(21)32/h1-8,11-12,18,29H,9-10,13-15H2,(H2,26,27). The van der Waals surface area contributed by atoms with E-state index in [-0.39, 0.29) is 0 Å². The van der Waals surface area contributed by atoms with Crippen LogP contribution >= 0.6 is 0 Å². The highest BCUT2D eigenvalue weighted by Crippen LogP contribution is 2.30. The number of pyridine rings is 2. The summed E-state index contributed by atoms with van der Waals surface area (Å²) >= 11 is 0. The van der Waals surface area contributed by atoms with Crippen molar-refractivity contribution in [1.29, 1.82) is 5.26 Å². The van der Waals surface area contributed by atoms with E-state index in [1.54, 1.807) is 12.4 Å². The fraction of sp³-hybridized carbons (Fsp3) is 0.250. The van der Waals surface area contributed by atoms with Crippen LogP contribution < -0.4 is 11.1 Å². The molecule has 3 N–H and O–H groups in total. The number of nitrogens with two attached hydrogens (primary N) is 1. The van der Waals surface area contributed by atoms with Crippen molar-refractivity contribution in [3.05, 3.63) is 66.5 Å². The summed E-state index contributed by atoms with van der Waals surface area (Å²) in [5.41, 5.74) is 10.8. The van der Waals surface area contributed by atoms with Crippen molar-refractivity contribution >= 4 is 17.0 Å². The molecule has 0 radical (unpaired) electrons. The molecule has 0 bridgehead atoms. The number of nitrogens with one attached hydrogen (secondary N) is 1. The molecule has 8 heteroatoms. The van der Waals surface area contributed by atoms with Gasteiger partial charge in [0.15, 0.2) is 17.7 Å². The molecule has 32 heavy (non-hydrogen) atoms. The molecule has 0 aliphatic carbocycles. The van der Waals surface area contributed by atoms with Gasteiger partial charge >= 0.3 is 0 Å². The second-order valence-corrected chi connectivity index (χ2v) is 8.03. The first-order valence-corrected chi connectivity index (χ1v) is 10.7. The van der Waals surface area contributed by atoms with E-state index >= 15 is 0 Å². The molecule has 1 aliphatic heterocycles. The molecular formula is C24H24N8. The van der Waals surface area contributed by atoms with Crippen LogP contribution in [0.2, 0.25) is 0 Å². The number of hydrogen-bond acceptors (Lipinski definition) is 7. The summed E-state index contributed by atoms with van der Waals surface area (Å²) in [6, 6.07) is 16.4. The molecule has 3 aromatic heterocycles. The van der Waals surface area contributed by atoms with Crippen LogP contribution in [0.5, 0.6) is 0 Å². The Balaban J connectivity index is 1.43. The van der Waals surface area contributed by atoms with Gasteiger partial charge in [0.25, 0.3) is 0 Å². The lowest BCUT2D eigenvalue weighted by Gasteiger charge is -2.31. The minimum Gasteiger partial charge on any atom is -0.383 e. The Labute approximate surface area is 186 Å². The third-order valence-corrected chi connectivity index (χ3v) is 5.95. The van der Waals surface area contributed by atoms with Gasteiger partial charge in [0.1, 0.15) is 11.3 Å². The average molecular weight is 425 g/mol. The molecule has 8 nitrogen and oxygen atoms in total. The molecule has 1 aliphatic rings. The maximum Gasteiger partial charge on any atom is 0.176 e. The van der Waals surface area contributed by atoms with Crippen molar-refractivity contribution in [1.82, 2.24) is 29.7 Å². The molecule has 0 atom stereocenters. The zero-order chi connectivity index (χ0) is 21.9. The van der Waals surface area contributed by atoms with E-state index in [1.807, 2.05) is 28.8 Å². The van der Waals surface area contributed by atoms with Crippen LogP contribution in [0.4, 0.5) is 5.82 Å². The molecule has 4 heterocycles. The predicted octanol–water partition coefficient (Wildman–Crippen LogP) is 3.10. The number of rotatable bonds is 5. The van der Waals surface area contributed by atoms with E-state index in [0.717, 1.165) is 60.7 Å². The zero-order valence-electron chi connectivity index (χ0n) is 17.6. The molecule has 1 saturated heterocycles. The summed E-state index contributed by atoms with van der Waals surface area (Å²) < 4.78 is 2.03. The van der Waals surface area contributed by atoms with E-state index < -0.39 is 0 Å². The van der Waals surface area contributed by atoms with Crippen molar-refractivity contribution in [3.8, 4) is 23.3 Å². The first-order valence-electron chi connectivity index (χ1n) is 10.7. The second-order valence-electron chi connectivity index (χ2n) is 8.03. The number of aromatic nitrogens is 4. The van der Waals surface area contributed by atoms with Crippen molar-refractivity contribution in [2.24, 2.45) is 0 Å². The van der Waals surface area contributed by atoms with Crippen molar-refractivity contribution < 1.29 is 0 Å². The van der Waals surface area contributed by atoms with Gasteiger partial charge in [-0.1, -0.05) is 12.1 Å². The van der Waals surface area contributed by atoms with Crippen molar-refractivity contribution in [3.63, 3.8) is 0 Å². The van der Waals surface area contributed by atoms with Gasteiger partial charge in [0.2, 0.25) is 0 Å². The third kappa shape index (κ3) is 3.86. The number of imidazole rings is 1. The number of fused-ring (bicyclic) bond motifs is 1.